The summed E-state index contributed by atoms with van der Waals surface area (Å²) < 4.78 is 18.2. The average Bonchev–Trinajstić information content (AvgIpc) is 3.30. The van der Waals surface area contributed by atoms with Crippen LogP contribution in [0.2, 0.25) is 0 Å². The normalized spacial score (nSPS) is 10.5. The summed E-state index contributed by atoms with van der Waals surface area (Å²) in [5.74, 6) is -0.630. The summed E-state index contributed by atoms with van der Waals surface area (Å²) in [5.41, 5.74) is 1.30. The van der Waals surface area contributed by atoms with Gasteiger partial charge < -0.3 is 15.1 Å². The number of nitrogens with zero attached hydrogens (tertiary/aromatic N) is 1. The number of hydrogen-bond donors (Lipinski definition) is 2. The highest BCUT2D eigenvalue weighted by Gasteiger charge is 2.10. The summed E-state index contributed by atoms with van der Waals surface area (Å²) in [6.45, 7) is 0.586. The summed E-state index contributed by atoms with van der Waals surface area (Å²) in [7, 11) is 0. The van der Waals surface area contributed by atoms with Crippen molar-refractivity contribution in [2.24, 2.45) is 0 Å². The van der Waals surface area contributed by atoms with Gasteiger partial charge >= 0.3 is 0 Å². The van der Waals surface area contributed by atoms with Gasteiger partial charge in [0.1, 0.15) is 10.8 Å². The summed E-state index contributed by atoms with van der Waals surface area (Å²) in [4.78, 5) is 28.0. The van der Waals surface area contributed by atoms with Crippen molar-refractivity contribution in [2.45, 2.75) is 6.42 Å². The summed E-state index contributed by atoms with van der Waals surface area (Å²) in [6.07, 6.45) is 1.54. The molecule has 0 aliphatic carbocycles. The van der Waals surface area contributed by atoms with E-state index in [9.17, 15) is 14.0 Å². The molecule has 0 bridgehead atoms. The maximum Gasteiger partial charge on any atom is 0.287 e. The third-order valence-electron chi connectivity index (χ3n) is 3.44. The van der Waals surface area contributed by atoms with Gasteiger partial charge in [0.2, 0.25) is 5.91 Å². The Bertz CT molecular complexity index is 893. The van der Waals surface area contributed by atoms with Gasteiger partial charge in [0.25, 0.3) is 5.91 Å². The Morgan fingerprint density at radius 1 is 1.15 bits per heavy atom. The van der Waals surface area contributed by atoms with Crippen LogP contribution in [0.25, 0.3) is 10.6 Å². The molecule has 0 unspecified atom stereocenters. The highest BCUT2D eigenvalue weighted by Crippen LogP contribution is 2.24. The van der Waals surface area contributed by atoms with Crippen LogP contribution < -0.4 is 10.6 Å². The van der Waals surface area contributed by atoms with Crippen LogP contribution in [-0.2, 0) is 11.2 Å². The van der Waals surface area contributed by atoms with E-state index in [0.717, 1.165) is 0 Å². The Morgan fingerprint density at radius 2 is 2.00 bits per heavy atom. The molecule has 0 aliphatic heterocycles. The largest absolute Gasteiger partial charge is 0.459 e. The molecular formula is C18H16FN3O3S. The summed E-state index contributed by atoms with van der Waals surface area (Å²) >= 11 is 1.36. The molecule has 2 heterocycles. The standard InChI is InChI=1S/C18H16FN3O3S/c19-13-4-1-3-12(9-13)18-22-14(11-26-18)10-16(23)20-6-7-21-17(24)15-5-2-8-25-15/h1-5,8-9,11H,6-7,10H2,(H,20,23)(H,21,24). The quantitative estimate of drug-likeness (QED) is 0.624. The zero-order chi connectivity index (χ0) is 18.4. The maximum absolute atomic E-state index is 13.3. The van der Waals surface area contributed by atoms with Crippen LogP contribution in [0.15, 0.2) is 52.5 Å². The molecule has 1 aromatic carbocycles. The van der Waals surface area contributed by atoms with Gasteiger partial charge in [-0.3, -0.25) is 9.59 Å². The smallest absolute Gasteiger partial charge is 0.287 e. The molecule has 0 fully saturated rings. The van der Waals surface area contributed by atoms with Crippen LogP contribution in [0, 0.1) is 5.82 Å². The van der Waals surface area contributed by atoms with Crippen LogP contribution in [-0.4, -0.2) is 29.9 Å². The van der Waals surface area contributed by atoms with E-state index in [4.69, 9.17) is 4.42 Å². The van der Waals surface area contributed by atoms with Crippen molar-refractivity contribution < 1.29 is 18.4 Å². The van der Waals surface area contributed by atoms with Crippen LogP contribution in [0.3, 0.4) is 0 Å². The summed E-state index contributed by atoms with van der Waals surface area (Å²) in [6, 6.07) is 9.36. The zero-order valence-corrected chi connectivity index (χ0v) is 14.5. The molecular weight excluding hydrogens is 357 g/mol. The predicted octanol–water partition coefficient (Wildman–Crippen LogP) is 2.63. The second-order valence-electron chi connectivity index (χ2n) is 5.41. The van der Waals surface area contributed by atoms with Gasteiger partial charge in [0.05, 0.1) is 18.4 Å². The molecule has 3 aromatic rings. The van der Waals surface area contributed by atoms with Gasteiger partial charge in [-0.2, -0.15) is 0 Å². The Kier molecular flexibility index (Phi) is 5.75. The van der Waals surface area contributed by atoms with Gasteiger partial charge in [-0.25, -0.2) is 9.37 Å². The monoisotopic (exact) mass is 373 g/mol. The van der Waals surface area contributed by atoms with Gasteiger partial charge in [-0.1, -0.05) is 12.1 Å². The van der Waals surface area contributed by atoms with E-state index >= 15 is 0 Å². The van der Waals surface area contributed by atoms with E-state index in [2.05, 4.69) is 15.6 Å². The molecule has 0 saturated carbocycles. The van der Waals surface area contributed by atoms with Gasteiger partial charge in [-0.15, -0.1) is 11.3 Å². The lowest BCUT2D eigenvalue weighted by atomic mass is 10.2. The molecule has 6 nitrogen and oxygen atoms in total. The molecule has 8 heteroatoms. The number of nitrogens with one attached hydrogen (secondary N) is 2. The van der Waals surface area contributed by atoms with E-state index in [1.165, 1.54) is 29.7 Å². The number of thiazole rings is 1. The molecule has 134 valence electrons. The lowest BCUT2D eigenvalue weighted by Crippen LogP contribution is -2.35. The van der Waals surface area contributed by atoms with E-state index in [-0.39, 0.29) is 36.4 Å². The van der Waals surface area contributed by atoms with Crippen molar-refractivity contribution in [1.82, 2.24) is 15.6 Å². The minimum Gasteiger partial charge on any atom is -0.459 e. The number of carbonyl (C=O) groups is 2. The van der Waals surface area contributed by atoms with Gasteiger partial charge in [0.15, 0.2) is 5.76 Å². The molecule has 3 rings (SSSR count). The van der Waals surface area contributed by atoms with E-state index in [1.54, 1.807) is 29.6 Å². The fraction of sp³-hybridized carbons (Fsp3) is 0.167. The topological polar surface area (TPSA) is 84.2 Å². The molecule has 2 N–H and O–H groups in total. The first-order valence-corrected chi connectivity index (χ1v) is 8.78. The summed E-state index contributed by atoms with van der Waals surface area (Å²) in [5, 5.41) is 7.79. The average molecular weight is 373 g/mol. The van der Waals surface area contributed by atoms with Crippen molar-refractivity contribution in [3.8, 4) is 10.6 Å². The van der Waals surface area contributed by atoms with Crippen molar-refractivity contribution >= 4 is 23.2 Å². The molecule has 26 heavy (non-hydrogen) atoms. The highest BCUT2D eigenvalue weighted by atomic mass is 32.1. The third-order valence-corrected chi connectivity index (χ3v) is 4.38. The van der Waals surface area contributed by atoms with Crippen molar-refractivity contribution in [2.75, 3.05) is 13.1 Å². The number of benzene rings is 1. The minimum atomic E-state index is -0.330. The molecule has 2 amide bonds. The fourth-order valence-electron chi connectivity index (χ4n) is 2.24. The van der Waals surface area contributed by atoms with E-state index < -0.39 is 0 Å². The molecule has 0 spiro atoms. The third kappa shape index (κ3) is 4.76. The molecule has 0 atom stereocenters. The van der Waals surface area contributed by atoms with Crippen LogP contribution in [0.4, 0.5) is 4.39 Å². The lowest BCUT2D eigenvalue weighted by Gasteiger charge is -2.05. The number of hydrogen-bond acceptors (Lipinski definition) is 5. The Hall–Kier alpha value is -3.00. The molecule has 2 aromatic heterocycles. The van der Waals surface area contributed by atoms with Crippen LogP contribution >= 0.6 is 11.3 Å². The molecule has 0 aliphatic rings. The SMILES string of the molecule is O=C(Cc1csc(-c2cccc(F)c2)n1)NCCNC(=O)c1ccco1. The second-order valence-corrected chi connectivity index (χ2v) is 6.27. The number of amides is 2. The number of furan rings is 1. The van der Waals surface area contributed by atoms with E-state index in [0.29, 0.717) is 22.8 Å². The van der Waals surface area contributed by atoms with E-state index in [1.807, 2.05) is 0 Å². The highest BCUT2D eigenvalue weighted by molar-refractivity contribution is 7.13. The Morgan fingerprint density at radius 3 is 2.77 bits per heavy atom. The lowest BCUT2D eigenvalue weighted by molar-refractivity contribution is -0.120. The maximum atomic E-state index is 13.3. The fourth-order valence-corrected chi connectivity index (χ4v) is 3.06. The number of aromatic nitrogens is 1. The minimum absolute atomic E-state index is 0.123. The van der Waals surface area contributed by atoms with Gasteiger partial charge in [0, 0.05) is 24.0 Å². The van der Waals surface area contributed by atoms with Gasteiger partial charge in [-0.05, 0) is 24.3 Å². The number of rotatable bonds is 7. The number of carbonyl (C=O) groups excluding carboxylic acids is 2. The Labute approximate surface area is 153 Å². The van der Waals surface area contributed by atoms with Crippen molar-refractivity contribution in [1.29, 1.82) is 0 Å². The first-order chi connectivity index (χ1) is 12.6. The van der Waals surface area contributed by atoms with Crippen molar-refractivity contribution in [3.05, 3.63) is 65.3 Å². The zero-order valence-electron chi connectivity index (χ0n) is 13.7. The first-order valence-electron chi connectivity index (χ1n) is 7.90. The van der Waals surface area contributed by atoms with Crippen LogP contribution in [0.5, 0.6) is 0 Å². The predicted molar refractivity (Wildman–Crippen MR) is 95.3 cm³/mol. The van der Waals surface area contributed by atoms with Crippen molar-refractivity contribution in [3.63, 3.8) is 0 Å². The second kappa shape index (κ2) is 8.39. The van der Waals surface area contributed by atoms with Crippen LogP contribution in [0.1, 0.15) is 16.2 Å². The Balaban J connectivity index is 1.43. The number of halogens is 1. The first kappa shape index (κ1) is 17.8. The molecule has 0 saturated heterocycles. The molecule has 0 radical (unpaired) electrons.